The first-order valence-electron chi connectivity index (χ1n) is 9.46. The van der Waals surface area contributed by atoms with Crippen molar-refractivity contribution in [3.05, 3.63) is 83.9 Å². The lowest BCUT2D eigenvalue weighted by Gasteiger charge is -2.39. The van der Waals surface area contributed by atoms with Crippen LogP contribution >= 0.6 is 0 Å². The molecule has 134 valence electrons. The van der Waals surface area contributed by atoms with Crippen LogP contribution in [0.2, 0.25) is 0 Å². The van der Waals surface area contributed by atoms with Gasteiger partial charge in [0.1, 0.15) is 0 Å². The van der Waals surface area contributed by atoms with Crippen LogP contribution in [-0.4, -0.2) is 17.3 Å². The van der Waals surface area contributed by atoms with Crippen LogP contribution in [0.4, 0.5) is 0 Å². The summed E-state index contributed by atoms with van der Waals surface area (Å²) in [6.45, 7) is 7.07. The zero-order valence-corrected chi connectivity index (χ0v) is 15.4. The van der Waals surface area contributed by atoms with Crippen LogP contribution in [-0.2, 0) is 0 Å². The summed E-state index contributed by atoms with van der Waals surface area (Å²) >= 11 is 0. The topological polar surface area (TPSA) is 46.2 Å². The van der Waals surface area contributed by atoms with Crippen LogP contribution in [0.25, 0.3) is 11.1 Å². The van der Waals surface area contributed by atoms with E-state index in [1.54, 1.807) is 0 Å². The smallest absolute Gasteiger partial charge is 0.0812 e. The van der Waals surface area contributed by atoms with Gasteiger partial charge in [-0.25, -0.2) is 0 Å². The molecule has 0 saturated heterocycles. The van der Waals surface area contributed by atoms with Crippen molar-refractivity contribution in [1.82, 2.24) is 0 Å². The molecule has 0 amide bonds. The fourth-order valence-corrected chi connectivity index (χ4v) is 5.44. The molecule has 26 heavy (non-hydrogen) atoms. The van der Waals surface area contributed by atoms with E-state index in [0.717, 1.165) is 30.4 Å². The van der Waals surface area contributed by atoms with Crippen molar-refractivity contribution in [3.63, 3.8) is 0 Å². The molecule has 0 spiro atoms. The zero-order valence-electron chi connectivity index (χ0n) is 15.4. The van der Waals surface area contributed by atoms with E-state index in [-0.39, 0.29) is 11.3 Å². The van der Waals surface area contributed by atoms with Crippen LogP contribution in [0, 0.1) is 11.3 Å². The van der Waals surface area contributed by atoms with Crippen LogP contribution in [0.5, 0.6) is 0 Å². The summed E-state index contributed by atoms with van der Waals surface area (Å²) in [6, 6.07) is 21.0. The van der Waals surface area contributed by atoms with Gasteiger partial charge in [-0.3, -0.25) is 0 Å². The second-order valence-corrected chi connectivity index (χ2v) is 7.90. The minimum Gasteiger partial charge on any atom is -0.388 e. The molecule has 0 radical (unpaired) electrons. The molecule has 0 bridgehead atoms. The number of nitrogens with two attached hydrogens (primary N) is 1. The fourth-order valence-electron chi connectivity index (χ4n) is 5.44. The molecule has 0 heterocycles. The van der Waals surface area contributed by atoms with Crippen LogP contribution in [0.1, 0.15) is 37.3 Å². The summed E-state index contributed by atoms with van der Waals surface area (Å²) in [6.07, 6.45) is 2.49. The first-order valence-corrected chi connectivity index (χ1v) is 9.46. The minimum atomic E-state index is -0.824. The van der Waals surface area contributed by atoms with Crippen molar-refractivity contribution in [2.24, 2.45) is 17.1 Å². The highest BCUT2D eigenvalue weighted by molar-refractivity contribution is 5.90. The fraction of sp³-hybridized carbons (Fsp3) is 0.333. The standard InChI is InChI=1S/C24H27NO/c1-17-15-21-23(26,16-25)13-14-24(21,18(2)19-9-5-3-6-10-19)22(17)20-11-7-4-8-12-20/h3-12,21,26H,2,13-16,25H2,1H3/t21?,23?,24-/m0/s1. The summed E-state index contributed by atoms with van der Waals surface area (Å²) < 4.78 is 0. The Hall–Kier alpha value is -2.16. The molecule has 0 aliphatic heterocycles. The van der Waals surface area contributed by atoms with Gasteiger partial charge >= 0.3 is 0 Å². The maximum absolute atomic E-state index is 11.3. The van der Waals surface area contributed by atoms with Gasteiger partial charge in [0.2, 0.25) is 0 Å². The Bertz CT molecular complexity index is 854. The van der Waals surface area contributed by atoms with Crippen molar-refractivity contribution in [3.8, 4) is 0 Å². The van der Waals surface area contributed by atoms with Crippen LogP contribution in [0.15, 0.2) is 72.8 Å². The monoisotopic (exact) mass is 345 g/mol. The SMILES string of the molecule is C=C(c1ccccc1)[C@@]12CCC(O)(CN)C1CC(C)=C2c1ccccc1. The van der Waals surface area contributed by atoms with Gasteiger partial charge in [0.05, 0.1) is 5.60 Å². The highest BCUT2D eigenvalue weighted by Crippen LogP contribution is 2.68. The summed E-state index contributed by atoms with van der Waals surface area (Å²) in [5.41, 5.74) is 11.2. The molecule has 1 saturated carbocycles. The predicted octanol–water partition coefficient (Wildman–Crippen LogP) is 4.66. The Labute approximate surface area is 156 Å². The minimum absolute atomic E-state index is 0.0860. The molecule has 2 heteroatoms. The van der Waals surface area contributed by atoms with Gasteiger partial charge in [-0.2, -0.15) is 0 Å². The van der Waals surface area contributed by atoms with Crippen molar-refractivity contribution in [2.75, 3.05) is 6.54 Å². The largest absolute Gasteiger partial charge is 0.388 e. The van der Waals surface area contributed by atoms with E-state index in [2.05, 4.69) is 68.1 Å². The third kappa shape index (κ3) is 2.33. The van der Waals surface area contributed by atoms with E-state index in [9.17, 15) is 5.11 Å². The van der Waals surface area contributed by atoms with E-state index >= 15 is 0 Å². The summed E-state index contributed by atoms with van der Waals surface area (Å²) in [5, 5.41) is 11.3. The Morgan fingerprint density at radius 2 is 1.69 bits per heavy atom. The van der Waals surface area contributed by atoms with Gasteiger partial charge in [-0.1, -0.05) is 72.8 Å². The number of benzene rings is 2. The lowest BCUT2D eigenvalue weighted by atomic mass is 9.65. The summed E-state index contributed by atoms with van der Waals surface area (Å²) in [5.74, 6) is 0.0860. The number of hydrogen-bond acceptors (Lipinski definition) is 2. The Morgan fingerprint density at radius 1 is 1.08 bits per heavy atom. The summed E-state index contributed by atoms with van der Waals surface area (Å²) in [4.78, 5) is 0. The molecule has 3 N–H and O–H groups in total. The molecule has 2 aliphatic carbocycles. The number of aliphatic hydroxyl groups is 1. The number of allylic oxidation sites excluding steroid dienone is 3. The summed E-state index contributed by atoms with van der Waals surface area (Å²) in [7, 11) is 0. The molecular formula is C24H27NO. The first-order chi connectivity index (χ1) is 12.5. The van der Waals surface area contributed by atoms with E-state index in [1.807, 2.05) is 6.07 Å². The van der Waals surface area contributed by atoms with Crippen molar-refractivity contribution in [2.45, 2.75) is 31.8 Å². The third-order valence-corrected chi connectivity index (χ3v) is 6.66. The van der Waals surface area contributed by atoms with E-state index < -0.39 is 5.60 Å². The Balaban J connectivity index is 1.92. The van der Waals surface area contributed by atoms with Gasteiger partial charge in [0.15, 0.2) is 0 Å². The second kappa shape index (κ2) is 6.22. The maximum atomic E-state index is 11.3. The maximum Gasteiger partial charge on any atom is 0.0812 e. The zero-order chi connectivity index (χ0) is 18.4. The van der Waals surface area contributed by atoms with Gasteiger partial charge in [-0.15, -0.1) is 0 Å². The average molecular weight is 345 g/mol. The van der Waals surface area contributed by atoms with E-state index in [1.165, 1.54) is 16.7 Å². The van der Waals surface area contributed by atoms with Gasteiger partial charge in [-0.05, 0) is 48.5 Å². The molecule has 2 aliphatic rings. The van der Waals surface area contributed by atoms with Gasteiger partial charge < -0.3 is 10.8 Å². The lowest BCUT2D eigenvalue weighted by molar-refractivity contribution is 0.00270. The first kappa shape index (κ1) is 17.3. The molecule has 2 aromatic rings. The molecule has 4 rings (SSSR count). The molecule has 2 unspecified atom stereocenters. The predicted molar refractivity (Wildman–Crippen MR) is 108 cm³/mol. The molecule has 2 aromatic carbocycles. The quantitative estimate of drug-likeness (QED) is 0.846. The Morgan fingerprint density at radius 3 is 2.31 bits per heavy atom. The Kier molecular flexibility index (Phi) is 4.13. The van der Waals surface area contributed by atoms with Gasteiger partial charge in [0.25, 0.3) is 0 Å². The van der Waals surface area contributed by atoms with Gasteiger partial charge in [0, 0.05) is 17.9 Å². The molecule has 2 nitrogen and oxygen atoms in total. The third-order valence-electron chi connectivity index (χ3n) is 6.66. The molecule has 0 aromatic heterocycles. The van der Waals surface area contributed by atoms with Crippen molar-refractivity contribution >= 4 is 11.1 Å². The highest BCUT2D eigenvalue weighted by Gasteiger charge is 2.61. The average Bonchev–Trinajstić information content (AvgIpc) is 3.15. The number of rotatable bonds is 4. The number of fused-ring (bicyclic) bond motifs is 1. The van der Waals surface area contributed by atoms with E-state index in [0.29, 0.717) is 6.54 Å². The molecule has 1 fully saturated rings. The van der Waals surface area contributed by atoms with Crippen LogP contribution in [0.3, 0.4) is 0 Å². The second-order valence-electron chi connectivity index (χ2n) is 7.90. The normalized spacial score (nSPS) is 30.5. The molecular weight excluding hydrogens is 318 g/mol. The van der Waals surface area contributed by atoms with Crippen LogP contribution < -0.4 is 5.73 Å². The van der Waals surface area contributed by atoms with E-state index in [4.69, 9.17) is 5.73 Å². The van der Waals surface area contributed by atoms with Crippen molar-refractivity contribution < 1.29 is 5.11 Å². The molecule has 3 atom stereocenters. The van der Waals surface area contributed by atoms with Crippen molar-refractivity contribution in [1.29, 1.82) is 0 Å². The number of hydrogen-bond donors (Lipinski definition) is 2. The highest BCUT2D eigenvalue weighted by atomic mass is 16.3. The lowest BCUT2D eigenvalue weighted by Crippen LogP contribution is -2.44.